The number of carbonyl (C=O) groups is 1. The molecule has 1 aliphatic rings. The van der Waals surface area contributed by atoms with Crippen molar-refractivity contribution in [3.8, 4) is 0 Å². The van der Waals surface area contributed by atoms with E-state index in [2.05, 4.69) is 6.92 Å². The molecule has 3 nitrogen and oxygen atoms in total. The Kier molecular flexibility index (Phi) is 3.83. The van der Waals surface area contributed by atoms with Gasteiger partial charge in [0.15, 0.2) is 0 Å². The molecule has 1 aromatic rings. The Morgan fingerprint density at radius 1 is 1.21 bits per heavy atom. The van der Waals surface area contributed by atoms with Crippen LogP contribution in [0.3, 0.4) is 0 Å². The van der Waals surface area contributed by atoms with Crippen LogP contribution in [0.15, 0.2) is 24.3 Å². The molecule has 3 heteroatoms. The summed E-state index contributed by atoms with van der Waals surface area (Å²) in [6.07, 6.45) is 2.23. The van der Waals surface area contributed by atoms with E-state index in [0.717, 1.165) is 43.1 Å². The lowest BCUT2D eigenvalue weighted by atomic mass is 9.82. The summed E-state index contributed by atoms with van der Waals surface area (Å²) in [5.74, 6) is 0.966. The fourth-order valence-corrected chi connectivity index (χ4v) is 2.63. The van der Waals surface area contributed by atoms with Crippen molar-refractivity contribution in [2.45, 2.75) is 39.0 Å². The van der Waals surface area contributed by atoms with Crippen LogP contribution < -0.4 is 5.73 Å². The van der Waals surface area contributed by atoms with Gasteiger partial charge in [-0.3, -0.25) is 4.79 Å². The van der Waals surface area contributed by atoms with Gasteiger partial charge >= 0.3 is 0 Å². The van der Waals surface area contributed by atoms with Crippen molar-refractivity contribution >= 4 is 11.6 Å². The molecule has 0 saturated carbocycles. The highest BCUT2D eigenvalue weighted by atomic mass is 16.2. The topological polar surface area (TPSA) is 46.3 Å². The molecule has 1 aromatic carbocycles. The van der Waals surface area contributed by atoms with E-state index in [-0.39, 0.29) is 5.91 Å². The summed E-state index contributed by atoms with van der Waals surface area (Å²) in [4.78, 5) is 14.7. The average Bonchev–Trinajstić information content (AvgIpc) is 2.39. The van der Waals surface area contributed by atoms with Crippen LogP contribution in [0.4, 0.5) is 5.69 Å². The van der Waals surface area contributed by atoms with Crippen molar-refractivity contribution in [3.63, 3.8) is 0 Å². The van der Waals surface area contributed by atoms with Gasteiger partial charge in [0.25, 0.3) is 0 Å². The average molecular weight is 260 g/mol. The molecule has 0 bridgehead atoms. The second-order valence-corrected chi connectivity index (χ2v) is 6.22. The Hall–Kier alpha value is -1.51. The Bertz CT molecular complexity index is 442. The number of benzene rings is 1. The molecule has 1 saturated heterocycles. The van der Waals surface area contributed by atoms with Gasteiger partial charge in [-0.05, 0) is 50.3 Å². The van der Waals surface area contributed by atoms with Gasteiger partial charge in [0.05, 0.1) is 5.41 Å². The molecule has 1 fully saturated rings. The first kappa shape index (κ1) is 13.9. The Morgan fingerprint density at radius 3 is 2.26 bits per heavy atom. The number of hydrogen-bond acceptors (Lipinski definition) is 2. The third-order valence-corrected chi connectivity index (χ3v) is 4.24. The van der Waals surface area contributed by atoms with Crippen LogP contribution in [0.1, 0.15) is 39.2 Å². The highest BCUT2D eigenvalue weighted by Crippen LogP contribution is 2.28. The molecule has 1 aliphatic heterocycles. The quantitative estimate of drug-likeness (QED) is 0.831. The summed E-state index contributed by atoms with van der Waals surface area (Å²) in [5, 5.41) is 0. The van der Waals surface area contributed by atoms with Gasteiger partial charge in [-0.15, -0.1) is 0 Å². The van der Waals surface area contributed by atoms with Gasteiger partial charge in [0.1, 0.15) is 0 Å². The number of amides is 1. The van der Waals surface area contributed by atoms with E-state index < -0.39 is 5.41 Å². The van der Waals surface area contributed by atoms with Crippen LogP contribution in [0, 0.1) is 5.92 Å². The van der Waals surface area contributed by atoms with Gasteiger partial charge in [0, 0.05) is 18.8 Å². The summed E-state index contributed by atoms with van der Waals surface area (Å²) in [5.41, 5.74) is 7.00. The maximum atomic E-state index is 12.7. The Morgan fingerprint density at radius 2 is 1.74 bits per heavy atom. The van der Waals surface area contributed by atoms with E-state index >= 15 is 0 Å². The van der Waals surface area contributed by atoms with E-state index in [9.17, 15) is 4.79 Å². The first-order valence-electron chi connectivity index (χ1n) is 7.06. The van der Waals surface area contributed by atoms with Crippen LogP contribution in [-0.2, 0) is 10.2 Å². The van der Waals surface area contributed by atoms with Crippen molar-refractivity contribution in [1.82, 2.24) is 4.90 Å². The maximum Gasteiger partial charge on any atom is 0.232 e. The summed E-state index contributed by atoms with van der Waals surface area (Å²) >= 11 is 0. The van der Waals surface area contributed by atoms with Gasteiger partial charge in [-0.1, -0.05) is 19.1 Å². The predicted octanol–water partition coefficient (Wildman–Crippen LogP) is 2.80. The molecule has 0 unspecified atom stereocenters. The first-order valence-corrected chi connectivity index (χ1v) is 7.06. The molecule has 0 aliphatic carbocycles. The van der Waals surface area contributed by atoms with Crippen LogP contribution >= 0.6 is 0 Å². The minimum absolute atomic E-state index is 0.226. The minimum Gasteiger partial charge on any atom is -0.399 e. The lowest BCUT2D eigenvalue weighted by Crippen LogP contribution is -2.46. The number of likely N-dealkylation sites (tertiary alicyclic amines) is 1. The highest BCUT2D eigenvalue weighted by molar-refractivity contribution is 5.87. The molecule has 1 amide bonds. The molecule has 0 radical (unpaired) electrons. The standard InChI is InChI=1S/C16H24N2O/c1-12-8-10-18(11-9-12)15(19)16(2,3)13-4-6-14(17)7-5-13/h4-7,12H,8-11,17H2,1-3H3. The second kappa shape index (κ2) is 5.24. The molecule has 0 aromatic heterocycles. The summed E-state index contributed by atoms with van der Waals surface area (Å²) in [6, 6.07) is 7.64. The van der Waals surface area contributed by atoms with E-state index in [1.54, 1.807) is 0 Å². The van der Waals surface area contributed by atoms with Crippen molar-refractivity contribution in [2.75, 3.05) is 18.8 Å². The van der Waals surface area contributed by atoms with Gasteiger partial charge in [0.2, 0.25) is 5.91 Å². The number of piperidine rings is 1. The number of rotatable bonds is 2. The molecule has 1 heterocycles. The molecule has 2 rings (SSSR count). The second-order valence-electron chi connectivity index (χ2n) is 6.22. The summed E-state index contributed by atoms with van der Waals surface area (Å²) < 4.78 is 0. The monoisotopic (exact) mass is 260 g/mol. The number of nitrogen functional groups attached to an aromatic ring is 1. The summed E-state index contributed by atoms with van der Waals surface area (Å²) in [7, 11) is 0. The normalized spacial score (nSPS) is 17.5. The number of anilines is 1. The first-order chi connectivity index (χ1) is 8.91. The lowest BCUT2D eigenvalue weighted by Gasteiger charge is -2.36. The van der Waals surface area contributed by atoms with Crippen LogP contribution in [0.25, 0.3) is 0 Å². The molecular weight excluding hydrogens is 236 g/mol. The van der Waals surface area contributed by atoms with Crippen LogP contribution in [0.5, 0.6) is 0 Å². The molecular formula is C16H24N2O. The zero-order valence-electron chi connectivity index (χ0n) is 12.1. The van der Waals surface area contributed by atoms with E-state index in [0.29, 0.717) is 0 Å². The molecule has 0 spiro atoms. The summed E-state index contributed by atoms with van der Waals surface area (Å²) in [6.45, 7) is 8.03. The highest BCUT2D eigenvalue weighted by Gasteiger charge is 2.34. The number of hydrogen-bond donors (Lipinski definition) is 1. The lowest BCUT2D eigenvalue weighted by molar-refractivity contribution is -0.137. The molecule has 19 heavy (non-hydrogen) atoms. The fourth-order valence-electron chi connectivity index (χ4n) is 2.63. The van der Waals surface area contributed by atoms with Crippen molar-refractivity contribution < 1.29 is 4.79 Å². The van der Waals surface area contributed by atoms with Crippen molar-refractivity contribution in [3.05, 3.63) is 29.8 Å². The van der Waals surface area contributed by atoms with Crippen molar-refractivity contribution in [2.24, 2.45) is 5.92 Å². The van der Waals surface area contributed by atoms with Gasteiger partial charge in [-0.2, -0.15) is 0 Å². The minimum atomic E-state index is -0.478. The van der Waals surface area contributed by atoms with E-state index in [1.807, 2.05) is 43.0 Å². The fraction of sp³-hybridized carbons (Fsp3) is 0.562. The van der Waals surface area contributed by atoms with Gasteiger partial charge in [-0.25, -0.2) is 0 Å². The maximum absolute atomic E-state index is 12.7. The van der Waals surface area contributed by atoms with E-state index in [1.165, 1.54) is 0 Å². The Labute approximate surface area is 115 Å². The van der Waals surface area contributed by atoms with E-state index in [4.69, 9.17) is 5.73 Å². The largest absolute Gasteiger partial charge is 0.399 e. The number of nitrogens with two attached hydrogens (primary N) is 1. The predicted molar refractivity (Wildman–Crippen MR) is 78.9 cm³/mol. The molecule has 104 valence electrons. The van der Waals surface area contributed by atoms with Crippen LogP contribution in [-0.4, -0.2) is 23.9 Å². The smallest absolute Gasteiger partial charge is 0.232 e. The number of carbonyl (C=O) groups excluding carboxylic acids is 1. The third kappa shape index (κ3) is 2.91. The zero-order valence-corrected chi connectivity index (χ0v) is 12.1. The molecule has 0 atom stereocenters. The Balaban J connectivity index is 2.14. The van der Waals surface area contributed by atoms with Crippen molar-refractivity contribution in [1.29, 1.82) is 0 Å². The number of nitrogens with zero attached hydrogens (tertiary/aromatic N) is 1. The zero-order chi connectivity index (χ0) is 14.0. The molecule has 2 N–H and O–H groups in total. The van der Waals surface area contributed by atoms with Gasteiger partial charge < -0.3 is 10.6 Å². The SMILES string of the molecule is CC1CCN(C(=O)C(C)(C)c2ccc(N)cc2)CC1. The third-order valence-electron chi connectivity index (χ3n) is 4.24. The van der Waals surface area contributed by atoms with Crippen LogP contribution in [0.2, 0.25) is 0 Å².